The molecule has 1 atom stereocenters. The van der Waals surface area contributed by atoms with Crippen LogP contribution in [0.25, 0.3) is 0 Å². The van der Waals surface area contributed by atoms with E-state index in [-0.39, 0.29) is 0 Å². The van der Waals surface area contributed by atoms with Crippen molar-refractivity contribution in [1.82, 2.24) is 5.32 Å². The third-order valence-electron chi connectivity index (χ3n) is 2.21. The Balaban J connectivity index is 2.70. The first-order chi connectivity index (χ1) is 9.21. The molecule has 0 aliphatic carbocycles. The number of ether oxygens (including phenoxy) is 2. The van der Waals surface area contributed by atoms with Gasteiger partial charge in [-0.05, 0) is 48.8 Å². The highest BCUT2D eigenvalue weighted by Crippen LogP contribution is 2.23. The lowest BCUT2D eigenvalue weighted by molar-refractivity contribution is -0.143. The van der Waals surface area contributed by atoms with Crippen LogP contribution in [0.5, 0.6) is 0 Å². The summed E-state index contributed by atoms with van der Waals surface area (Å²) in [6.07, 6.45) is -0.272. The van der Waals surface area contributed by atoms with Gasteiger partial charge in [0.15, 0.2) is 0 Å². The molecule has 112 valence electrons. The Labute approximate surface area is 130 Å². The van der Waals surface area contributed by atoms with Gasteiger partial charge in [-0.25, -0.2) is 9.59 Å². The van der Waals surface area contributed by atoms with Crippen LogP contribution in [0.15, 0.2) is 15.9 Å². The molecule has 0 bridgehead atoms. The van der Waals surface area contributed by atoms with Crippen molar-refractivity contribution in [3.8, 4) is 0 Å². The lowest BCUT2D eigenvalue weighted by Crippen LogP contribution is -2.45. The standard InChI is InChI=1S/C13H18BrNO4S/c1-13(2,3)19-12(17)15-9(11(16)18-4)7-8-5-6-10(14)20-8/h5-6,9H,7H2,1-4H3,(H,15,17)/t9-/m0/s1. The average molecular weight is 364 g/mol. The summed E-state index contributed by atoms with van der Waals surface area (Å²) < 4.78 is 10.8. The number of methoxy groups -OCH3 is 1. The Morgan fingerprint density at radius 1 is 1.40 bits per heavy atom. The minimum absolute atomic E-state index is 0.363. The van der Waals surface area contributed by atoms with Gasteiger partial charge < -0.3 is 14.8 Å². The van der Waals surface area contributed by atoms with E-state index in [1.807, 2.05) is 12.1 Å². The van der Waals surface area contributed by atoms with Crippen molar-refractivity contribution in [1.29, 1.82) is 0 Å². The monoisotopic (exact) mass is 363 g/mol. The van der Waals surface area contributed by atoms with Crippen LogP contribution in [0.1, 0.15) is 25.6 Å². The number of alkyl carbamates (subject to hydrolysis) is 1. The number of nitrogens with one attached hydrogen (secondary N) is 1. The summed E-state index contributed by atoms with van der Waals surface area (Å²) in [5.41, 5.74) is -0.614. The van der Waals surface area contributed by atoms with Gasteiger partial charge >= 0.3 is 12.1 Å². The molecular weight excluding hydrogens is 346 g/mol. The molecule has 0 unspecified atom stereocenters. The normalized spacial score (nSPS) is 12.7. The molecule has 1 amide bonds. The predicted octanol–water partition coefficient (Wildman–Crippen LogP) is 3.12. The molecule has 1 heterocycles. The van der Waals surface area contributed by atoms with E-state index in [9.17, 15) is 9.59 Å². The number of esters is 1. The second-order valence-electron chi connectivity index (χ2n) is 5.13. The molecule has 20 heavy (non-hydrogen) atoms. The fraction of sp³-hybridized carbons (Fsp3) is 0.538. The van der Waals surface area contributed by atoms with Crippen molar-refractivity contribution in [2.24, 2.45) is 0 Å². The Hall–Kier alpha value is -1.08. The van der Waals surface area contributed by atoms with Crippen LogP contribution in [-0.4, -0.2) is 30.8 Å². The predicted molar refractivity (Wildman–Crippen MR) is 80.9 cm³/mol. The molecular formula is C13H18BrNO4S. The van der Waals surface area contributed by atoms with Gasteiger partial charge in [-0.15, -0.1) is 11.3 Å². The van der Waals surface area contributed by atoms with E-state index in [1.165, 1.54) is 18.4 Å². The first kappa shape index (κ1) is 17.0. The maximum absolute atomic E-state index is 11.7. The van der Waals surface area contributed by atoms with Crippen LogP contribution < -0.4 is 5.32 Å². The minimum Gasteiger partial charge on any atom is -0.467 e. The molecule has 0 saturated heterocycles. The van der Waals surface area contributed by atoms with Crippen molar-refractivity contribution in [2.45, 2.75) is 38.8 Å². The first-order valence-electron chi connectivity index (χ1n) is 6.03. The van der Waals surface area contributed by atoms with Gasteiger partial charge in [0.2, 0.25) is 0 Å². The van der Waals surface area contributed by atoms with E-state index in [0.29, 0.717) is 6.42 Å². The smallest absolute Gasteiger partial charge is 0.408 e. The molecule has 0 saturated carbocycles. The lowest BCUT2D eigenvalue weighted by Gasteiger charge is -2.22. The number of carbonyl (C=O) groups excluding carboxylic acids is 2. The average Bonchev–Trinajstić information content (AvgIpc) is 2.70. The molecule has 0 aliphatic heterocycles. The fourth-order valence-electron chi connectivity index (χ4n) is 1.45. The molecule has 7 heteroatoms. The molecule has 0 aromatic carbocycles. The van der Waals surface area contributed by atoms with Crippen molar-refractivity contribution in [3.63, 3.8) is 0 Å². The summed E-state index contributed by atoms with van der Waals surface area (Å²) in [6.45, 7) is 5.28. The summed E-state index contributed by atoms with van der Waals surface area (Å²) in [6, 6.07) is 3.02. The highest BCUT2D eigenvalue weighted by atomic mass is 79.9. The van der Waals surface area contributed by atoms with Gasteiger partial charge in [-0.1, -0.05) is 0 Å². The van der Waals surface area contributed by atoms with E-state index in [2.05, 4.69) is 21.2 Å². The van der Waals surface area contributed by atoms with E-state index in [0.717, 1.165) is 8.66 Å². The largest absolute Gasteiger partial charge is 0.467 e. The van der Waals surface area contributed by atoms with Gasteiger partial charge in [0.1, 0.15) is 11.6 Å². The molecule has 1 rings (SSSR count). The van der Waals surface area contributed by atoms with Crippen LogP contribution >= 0.6 is 27.3 Å². The van der Waals surface area contributed by atoms with Gasteiger partial charge in [-0.3, -0.25) is 0 Å². The van der Waals surface area contributed by atoms with Crippen LogP contribution in [0.4, 0.5) is 4.79 Å². The van der Waals surface area contributed by atoms with Gasteiger partial charge in [0, 0.05) is 11.3 Å². The second-order valence-corrected chi connectivity index (χ2v) is 7.68. The van der Waals surface area contributed by atoms with E-state index in [4.69, 9.17) is 9.47 Å². The SMILES string of the molecule is COC(=O)[C@H](Cc1ccc(Br)s1)NC(=O)OC(C)(C)C. The molecule has 1 aromatic heterocycles. The molecule has 5 nitrogen and oxygen atoms in total. The fourth-order valence-corrected chi connectivity index (χ4v) is 2.98. The molecule has 1 aromatic rings. The van der Waals surface area contributed by atoms with Gasteiger partial charge in [0.05, 0.1) is 10.9 Å². The summed E-state index contributed by atoms with van der Waals surface area (Å²) in [5, 5.41) is 2.54. The van der Waals surface area contributed by atoms with E-state index in [1.54, 1.807) is 20.8 Å². The van der Waals surface area contributed by atoms with E-state index >= 15 is 0 Å². The molecule has 0 aliphatic rings. The van der Waals surface area contributed by atoms with Gasteiger partial charge in [-0.2, -0.15) is 0 Å². The van der Waals surface area contributed by atoms with Crippen LogP contribution in [-0.2, 0) is 20.7 Å². The Bertz CT molecular complexity index is 481. The van der Waals surface area contributed by atoms with Crippen LogP contribution in [0, 0.1) is 0 Å². The second kappa shape index (κ2) is 7.08. The highest BCUT2D eigenvalue weighted by Gasteiger charge is 2.25. The van der Waals surface area contributed by atoms with Gasteiger partial charge in [0.25, 0.3) is 0 Å². The number of amides is 1. The molecule has 1 N–H and O–H groups in total. The first-order valence-corrected chi connectivity index (χ1v) is 7.64. The molecule has 0 radical (unpaired) electrons. The zero-order valence-electron chi connectivity index (χ0n) is 11.9. The Kier molecular flexibility index (Phi) is 6.01. The van der Waals surface area contributed by atoms with Crippen molar-refractivity contribution in [3.05, 3.63) is 20.8 Å². The van der Waals surface area contributed by atoms with Crippen molar-refractivity contribution < 1.29 is 19.1 Å². The zero-order valence-corrected chi connectivity index (χ0v) is 14.3. The summed E-state index contributed by atoms with van der Waals surface area (Å²) in [7, 11) is 1.29. The minimum atomic E-state index is -0.764. The van der Waals surface area contributed by atoms with E-state index < -0.39 is 23.7 Å². The number of halogens is 1. The van der Waals surface area contributed by atoms with Crippen LogP contribution in [0.3, 0.4) is 0 Å². The lowest BCUT2D eigenvalue weighted by atomic mass is 10.2. The topological polar surface area (TPSA) is 64.6 Å². The number of rotatable bonds is 4. The maximum Gasteiger partial charge on any atom is 0.408 e. The summed E-state index contributed by atoms with van der Waals surface area (Å²) in [4.78, 5) is 24.4. The Morgan fingerprint density at radius 3 is 2.50 bits per heavy atom. The molecule has 0 spiro atoms. The maximum atomic E-state index is 11.7. The zero-order chi connectivity index (χ0) is 15.3. The van der Waals surface area contributed by atoms with Crippen molar-refractivity contribution >= 4 is 39.3 Å². The van der Waals surface area contributed by atoms with Crippen LogP contribution in [0.2, 0.25) is 0 Å². The third-order valence-corrected chi connectivity index (χ3v) is 3.86. The Morgan fingerprint density at radius 2 is 2.05 bits per heavy atom. The number of hydrogen-bond donors (Lipinski definition) is 1. The van der Waals surface area contributed by atoms with Crippen molar-refractivity contribution in [2.75, 3.05) is 7.11 Å². The number of hydrogen-bond acceptors (Lipinski definition) is 5. The summed E-state index contributed by atoms with van der Waals surface area (Å²) in [5.74, 6) is -0.500. The third kappa shape index (κ3) is 5.92. The highest BCUT2D eigenvalue weighted by molar-refractivity contribution is 9.11. The quantitative estimate of drug-likeness (QED) is 0.834. The number of carbonyl (C=O) groups is 2. The number of thiophene rings is 1. The summed E-state index contributed by atoms with van der Waals surface area (Å²) >= 11 is 4.86. The molecule has 0 fully saturated rings.